The van der Waals surface area contributed by atoms with Crippen LogP contribution in [0.15, 0.2) is 24.3 Å². The number of nitrogens with one attached hydrogen (secondary N) is 1. The summed E-state index contributed by atoms with van der Waals surface area (Å²) < 4.78 is 0. The molecular weight excluding hydrogens is 302 g/mol. The van der Waals surface area contributed by atoms with Crippen molar-refractivity contribution in [3.05, 3.63) is 35.4 Å². The third-order valence-electron chi connectivity index (χ3n) is 5.32. The van der Waals surface area contributed by atoms with Gasteiger partial charge in [-0.3, -0.25) is 4.79 Å². The van der Waals surface area contributed by atoms with Gasteiger partial charge in [-0.05, 0) is 51.3 Å². The number of benzene rings is 1. The van der Waals surface area contributed by atoms with Gasteiger partial charge in [0.25, 0.3) is 0 Å². The standard InChI is InChI=1S/C19H31N3O2/c1-13(10-17-9-4-14(2)22(17)3)21-19(24)18(11-20)16-7-5-15(12-23)6-8-16/h5-8,13-14,17-18,23H,4,9-12,20H2,1-3H3,(H,21,24)/t13?,14?,17?,18-/m1/s1. The molecule has 1 aliphatic rings. The molecule has 134 valence electrons. The fourth-order valence-corrected chi connectivity index (χ4v) is 3.55. The molecule has 1 saturated heterocycles. The Morgan fingerprint density at radius 2 is 2.04 bits per heavy atom. The van der Waals surface area contributed by atoms with E-state index < -0.39 is 0 Å². The minimum Gasteiger partial charge on any atom is -0.392 e. The molecule has 1 aromatic rings. The van der Waals surface area contributed by atoms with Crippen LogP contribution in [-0.4, -0.2) is 47.6 Å². The van der Waals surface area contributed by atoms with Crippen LogP contribution < -0.4 is 11.1 Å². The summed E-state index contributed by atoms with van der Waals surface area (Å²) in [5.41, 5.74) is 7.57. The lowest BCUT2D eigenvalue weighted by atomic mass is 9.96. The van der Waals surface area contributed by atoms with Crippen LogP contribution >= 0.6 is 0 Å². The maximum atomic E-state index is 12.6. The molecule has 1 aliphatic heterocycles. The Morgan fingerprint density at radius 3 is 2.54 bits per heavy atom. The van der Waals surface area contributed by atoms with Crippen molar-refractivity contribution in [3.63, 3.8) is 0 Å². The fraction of sp³-hybridized carbons (Fsp3) is 0.632. The maximum Gasteiger partial charge on any atom is 0.229 e. The van der Waals surface area contributed by atoms with Gasteiger partial charge in [-0.1, -0.05) is 24.3 Å². The predicted octanol–water partition coefficient (Wildman–Crippen LogP) is 1.60. The van der Waals surface area contributed by atoms with E-state index in [2.05, 4.69) is 31.1 Å². The molecule has 4 N–H and O–H groups in total. The predicted molar refractivity (Wildman–Crippen MR) is 96.6 cm³/mol. The van der Waals surface area contributed by atoms with Crippen molar-refractivity contribution in [2.75, 3.05) is 13.6 Å². The molecule has 0 radical (unpaired) electrons. The molecule has 4 atom stereocenters. The summed E-state index contributed by atoms with van der Waals surface area (Å²) in [7, 11) is 2.17. The van der Waals surface area contributed by atoms with Crippen molar-refractivity contribution in [1.29, 1.82) is 0 Å². The van der Waals surface area contributed by atoms with Gasteiger partial charge in [-0.15, -0.1) is 0 Å². The van der Waals surface area contributed by atoms with Crippen molar-refractivity contribution in [3.8, 4) is 0 Å². The number of rotatable bonds is 7. The first-order valence-corrected chi connectivity index (χ1v) is 8.88. The average Bonchev–Trinajstić information content (AvgIpc) is 2.88. The van der Waals surface area contributed by atoms with Crippen LogP contribution in [-0.2, 0) is 11.4 Å². The monoisotopic (exact) mass is 333 g/mol. The van der Waals surface area contributed by atoms with Crippen LogP contribution in [0.3, 0.4) is 0 Å². The van der Waals surface area contributed by atoms with Gasteiger partial charge in [-0.2, -0.15) is 0 Å². The van der Waals surface area contributed by atoms with Gasteiger partial charge >= 0.3 is 0 Å². The molecule has 5 nitrogen and oxygen atoms in total. The lowest BCUT2D eigenvalue weighted by molar-refractivity contribution is -0.123. The van der Waals surface area contributed by atoms with E-state index in [-0.39, 0.29) is 31.0 Å². The van der Waals surface area contributed by atoms with Crippen molar-refractivity contribution in [2.24, 2.45) is 5.73 Å². The number of carbonyl (C=O) groups is 1. The van der Waals surface area contributed by atoms with Gasteiger partial charge in [-0.25, -0.2) is 0 Å². The van der Waals surface area contributed by atoms with Gasteiger partial charge in [0.05, 0.1) is 12.5 Å². The Balaban J connectivity index is 1.93. The Morgan fingerprint density at radius 1 is 1.38 bits per heavy atom. The number of aliphatic hydroxyl groups excluding tert-OH is 1. The second-order valence-electron chi connectivity index (χ2n) is 7.08. The van der Waals surface area contributed by atoms with Gasteiger partial charge in [0, 0.05) is 24.7 Å². The summed E-state index contributed by atoms with van der Waals surface area (Å²) in [5.74, 6) is -0.365. The summed E-state index contributed by atoms with van der Waals surface area (Å²) >= 11 is 0. The maximum absolute atomic E-state index is 12.6. The molecular formula is C19H31N3O2. The molecule has 1 fully saturated rings. The van der Waals surface area contributed by atoms with E-state index >= 15 is 0 Å². The number of nitrogens with two attached hydrogens (primary N) is 1. The Bertz CT molecular complexity index is 532. The molecule has 0 aromatic heterocycles. The highest BCUT2D eigenvalue weighted by Gasteiger charge is 2.29. The first-order valence-electron chi connectivity index (χ1n) is 8.88. The summed E-state index contributed by atoms with van der Waals surface area (Å²) in [6, 6.07) is 8.71. The van der Waals surface area contributed by atoms with Gasteiger partial charge < -0.3 is 21.1 Å². The minimum absolute atomic E-state index is 0.00410. The second-order valence-corrected chi connectivity index (χ2v) is 7.08. The molecule has 1 aromatic carbocycles. The Kier molecular flexibility index (Phi) is 6.78. The highest BCUT2D eigenvalue weighted by atomic mass is 16.3. The zero-order valence-corrected chi connectivity index (χ0v) is 15.0. The van der Waals surface area contributed by atoms with E-state index in [1.165, 1.54) is 12.8 Å². The summed E-state index contributed by atoms with van der Waals surface area (Å²) in [5, 5.41) is 12.2. The summed E-state index contributed by atoms with van der Waals surface area (Å²) in [4.78, 5) is 15.0. The highest BCUT2D eigenvalue weighted by Crippen LogP contribution is 2.25. The van der Waals surface area contributed by atoms with Crippen molar-refractivity contribution >= 4 is 5.91 Å². The highest BCUT2D eigenvalue weighted by molar-refractivity contribution is 5.84. The molecule has 0 aliphatic carbocycles. The smallest absolute Gasteiger partial charge is 0.229 e. The van der Waals surface area contributed by atoms with E-state index in [4.69, 9.17) is 10.8 Å². The number of hydrogen-bond donors (Lipinski definition) is 3. The van der Waals surface area contributed by atoms with Crippen LogP contribution in [0.2, 0.25) is 0 Å². The van der Waals surface area contributed by atoms with Gasteiger partial charge in [0.15, 0.2) is 0 Å². The van der Waals surface area contributed by atoms with E-state index in [1.54, 1.807) is 0 Å². The summed E-state index contributed by atoms with van der Waals surface area (Å²) in [6.45, 7) is 4.60. The van der Waals surface area contributed by atoms with Crippen LogP contribution in [0, 0.1) is 0 Å². The van der Waals surface area contributed by atoms with Crippen molar-refractivity contribution in [1.82, 2.24) is 10.2 Å². The fourth-order valence-electron chi connectivity index (χ4n) is 3.55. The number of nitrogens with zero attached hydrogens (tertiary/aromatic N) is 1. The van der Waals surface area contributed by atoms with Crippen LogP contribution in [0.5, 0.6) is 0 Å². The van der Waals surface area contributed by atoms with E-state index in [9.17, 15) is 4.79 Å². The summed E-state index contributed by atoms with van der Waals surface area (Å²) in [6.07, 6.45) is 3.39. The van der Waals surface area contributed by atoms with Crippen LogP contribution in [0.25, 0.3) is 0 Å². The topological polar surface area (TPSA) is 78.6 Å². The second kappa shape index (κ2) is 8.60. The van der Waals surface area contributed by atoms with Crippen molar-refractivity contribution < 1.29 is 9.90 Å². The van der Waals surface area contributed by atoms with E-state index in [0.29, 0.717) is 12.1 Å². The zero-order chi connectivity index (χ0) is 17.7. The number of amides is 1. The van der Waals surface area contributed by atoms with E-state index in [0.717, 1.165) is 17.5 Å². The first-order chi connectivity index (χ1) is 11.5. The molecule has 0 spiro atoms. The Hall–Kier alpha value is -1.43. The third kappa shape index (κ3) is 4.56. The van der Waals surface area contributed by atoms with Crippen LogP contribution in [0.1, 0.15) is 50.2 Å². The number of hydrogen-bond acceptors (Lipinski definition) is 4. The largest absolute Gasteiger partial charge is 0.392 e. The molecule has 0 bridgehead atoms. The number of aliphatic hydroxyl groups is 1. The molecule has 24 heavy (non-hydrogen) atoms. The number of likely N-dealkylation sites (tertiary alicyclic amines) is 1. The van der Waals surface area contributed by atoms with Gasteiger partial charge in [0.1, 0.15) is 0 Å². The SMILES string of the molecule is CC(CC1CCC(C)N1C)NC(=O)[C@H](CN)c1ccc(CO)cc1. The first kappa shape index (κ1) is 18.9. The third-order valence-corrected chi connectivity index (χ3v) is 5.32. The lowest BCUT2D eigenvalue weighted by Crippen LogP contribution is -2.42. The van der Waals surface area contributed by atoms with Gasteiger partial charge in [0.2, 0.25) is 5.91 Å². The minimum atomic E-state index is -0.347. The molecule has 2 rings (SSSR count). The molecule has 0 saturated carbocycles. The van der Waals surface area contributed by atoms with Crippen LogP contribution in [0.4, 0.5) is 0 Å². The molecule has 1 heterocycles. The normalized spacial score (nSPS) is 23.9. The average molecular weight is 333 g/mol. The molecule has 1 amide bonds. The zero-order valence-electron chi connectivity index (χ0n) is 15.0. The van der Waals surface area contributed by atoms with E-state index in [1.807, 2.05) is 24.3 Å². The number of carbonyl (C=O) groups excluding carboxylic acids is 1. The van der Waals surface area contributed by atoms with Crippen molar-refractivity contribution in [2.45, 2.75) is 63.8 Å². The Labute approximate surface area is 145 Å². The lowest BCUT2D eigenvalue weighted by Gasteiger charge is -2.27. The molecule has 3 unspecified atom stereocenters. The quantitative estimate of drug-likeness (QED) is 0.708. The molecule has 5 heteroatoms.